The predicted octanol–water partition coefficient (Wildman–Crippen LogP) is 2.33. The van der Waals surface area contributed by atoms with Crippen LogP contribution in [0.1, 0.15) is 81.0 Å². The van der Waals surface area contributed by atoms with Gasteiger partial charge in [-0.25, -0.2) is 4.79 Å². The number of thiophene rings is 1. The number of rotatable bonds is 16. The first-order valence-corrected chi connectivity index (χ1v) is 18.1. The highest BCUT2D eigenvalue weighted by Gasteiger charge is 2.45. The summed E-state index contributed by atoms with van der Waals surface area (Å²) in [6, 6.07) is 10.0. The Morgan fingerprint density at radius 2 is 1.76 bits per heavy atom. The minimum absolute atomic E-state index is 0.0102. The molecule has 1 fully saturated rings. The number of terminal acetylenes is 1. The molecule has 3 atom stereocenters. The van der Waals surface area contributed by atoms with Crippen molar-refractivity contribution in [1.82, 2.24) is 15.5 Å². The molecule has 5 N–H and O–H groups in total. The summed E-state index contributed by atoms with van der Waals surface area (Å²) >= 11 is 1.18. The van der Waals surface area contributed by atoms with Crippen molar-refractivity contribution >= 4 is 69.9 Å². The largest absolute Gasteiger partial charge is 0.464 e. The van der Waals surface area contributed by atoms with Crippen LogP contribution in [-0.4, -0.2) is 83.9 Å². The molecule has 1 saturated heterocycles. The SMILES string of the molecule is C#CC(=O)N(c1ccc(C(=O)NCCCCCNc2cccc3c2C(=O)N(C2CCC(=O)NC2=O)C3=O)cc1)C(C(=O)C(N)C(=O)OCC)c1cccs1. The van der Waals surface area contributed by atoms with Crippen molar-refractivity contribution < 1.29 is 43.1 Å². The number of benzene rings is 2. The van der Waals surface area contributed by atoms with Gasteiger partial charge in [0.25, 0.3) is 17.7 Å². The number of nitrogens with one attached hydrogen (secondary N) is 3. The van der Waals surface area contributed by atoms with Crippen molar-refractivity contribution in [3.8, 4) is 12.3 Å². The van der Waals surface area contributed by atoms with Gasteiger partial charge in [-0.3, -0.25) is 48.7 Å². The molecule has 5 rings (SSSR count). The minimum atomic E-state index is -1.67. The molecular formula is C38H38N6O9S. The molecule has 2 aliphatic rings. The van der Waals surface area contributed by atoms with E-state index >= 15 is 0 Å². The van der Waals surface area contributed by atoms with Gasteiger partial charge in [-0.15, -0.1) is 17.8 Å². The Morgan fingerprint density at radius 3 is 2.43 bits per heavy atom. The molecule has 0 spiro atoms. The van der Waals surface area contributed by atoms with Gasteiger partial charge < -0.3 is 21.1 Å². The van der Waals surface area contributed by atoms with Crippen LogP contribution in [0.4, 0.5) is 11.4 Å². The normalized spacial score (nSPS) is 16.1. The molecule has 3 unspecified atom stereocenters. The summed E-state index contributed by atoms with van der Waals surface area (Å²) in [6.45, 7) is 2.41. The highest BCUT2D eigenvalue weighted by molar-refractivity contribution is 7.10. The molecule has 16 heteroatoms. The van der Waals surface area contributed by atoms with E-state index in [1.165, 1.54) is 41.7 Å². The quantitative estimate of drug-likeness (QED) is 0.0548. The lowest BCUT2D eigenvalue weighted by Crippen LogP contribution is -2.54. The Morgan fingerprint density at radius 1 is 1.02 bits per heavy atom. The minimum Gasteiger partial charge on any atom is -0.464 e. The van der Waals surface area contributed by atoms with E-state index < -0.39 is 59.4 Å². The first-order chi connectivity index (χ1) is 26.0. The third kappa shape index (κ3) is 8.38. The summed E-state index contributed by atoms with van der Waals surface area (Å²) in [6.07, 6.45) is 7.60. The van der Waals surface area contributed by atoms with Gasteiger partial charge >= 0.3 is 11.9 Å². The molecule has 54 heavy (non-hydrogen) atoms. The van der Waals surface area contributed by atoms with Crippen LogP contribution in [0, 0.1) is 12.3 Å². The maximum absolute atomic E-state index is 13.5. The number of hydrogen-bond donors (Lipinski definition) is 4. The number of imide groups is 2. The van der Waals surface area contributed by atoms with Gasteiger partial charge in [0, 0.05) is 41.3 Å². The highest BCUT2D eigenvalue weighted by atomic mass is 32.1. The van der Waals surface area contributed by atoms with Gasteiger partial charge in [0.15, 0.2) is 11.8 Å². The van der Waals surface area contributed by atoms with Crippen molar-refractivity contribution in [2.24, 2.45) is 5.73 Å². The third-order valence-corrected chi connectivity index (χ3v) is 9.78. The number of esters is 1. The number of nitrogens with zero attached hydrogens (tertiary/aromatic N) is 2. The second-order valence-electron chi connectivity index (χ2n) is 12.3. The van der Waals surface area contributed by atoms with Crippen LogP contribution in [0.2, 0.25) is 0 Å². The van der Waals surface area contributed by atoms with E-state index in [0.717, 1.165) is 9.80 Å². The van der Waals surface area contributed by atoms with Gasteiger partial charge in [0.1, 0.15) is 12.1 Å². The average molecular weight is 755 g/mol. The van der Waals surface area contributed by atoms with E-state index in [2.05, 4.69) is 16.0 Å². The summed E-state index contributed by atoms with van der Waals surface area (Å²) in [5, 5.41) is 9.93. The number of hydrogen-bond acceptors (Lipinski definition) is 12. The Bertz CT molecular complexity index is 2010. The van der Waals surface area contributed by atoms with Crippen LogP contribution in [0.5, 0.6) is 0 Å². The molecule has 3 heterocycles. The lowest BCUT2D eigenvalue weighted by atomic mass is 10.0. The zero-order valence-electron chi connectivity index (χ0n) is 29.3. The Kier molecular flexibility index (Phi) is 12.7. The number of carbonyl (C=O) groups excluding carboxylic acids is 8. The lowest BCUT2D eigenvalue weighted by Gasteiger charge is -2.30. The molecule has 15 nitrogen and oxygen atoms in total. The summed E-state index contributed by atoms with van der Waals surface area (Å²) < 4.78 is 4.92. The molecular weight excluding hydrogens is 717 g/mol. The van der Waals surface area contributed by atoms with Gasteiger partial charge in [-0.2, -0.15) is 0 Å². The summed E-state index contributed by atoms with van der Waals surface area (Å²) in [7, 11) is 0. The van der Waals surface area contributed by atoms with Crippen LogP contribution in [0.15, 0.2) is 60.0 Å². The van der Waals surface area contributed by atoms with Crippen LogP contribution >= 0.6 is 11.3 Å². The standard InChI is InChI=1S/C38H38N6O9S/c1-3-29(46)43(32(27-12-9-21-54-27)33(47)31(39)38(52)53-4-2)23-15-13-22(14-16-23)34(48)41-20-7-5-6-19-40-25-11-8-10-24-30(25)37(51)44(36(24)50)26-17-18-28(45)42-35(26)49/h1,8-16,21,26,31-32,40H,4-7,17-20,39H2,2H3,(H,41,48)(H,42,45,49). The summed E-state index contributed by atoms with van der Waals surface area (Å²) in [5.74, 6) is -3.20. The lowest BCUT2D eigenvalue weighted by molar-refractivity contribution is -0.148. The number of anilines is 2. The van der Waals surface area contributed by atoms with E-state index in [1.54, 1.807) is 36.6 Å². The number of carbonyl (C=O) groups is 8. The van der Waals surface area contributed by atoms with Crippen molar-refractivity contribution in [2.75, 3.05) is 29.9 Å². The maximum atomic E-state index is 13.5. The Labute approximate surface area is 314 Å². The molecule has 0 radical (unpaired) electrons. The molecule has 1 aromatic heterocycles. The second kappa shape index (κ2) is 17.6. The van der Waals surface area contributed by atoms with Gasteiger partial charge in [0.05, 0.1) is 17.7 Å². The van der Waals surface area contributed by atoms with Crippen molar-refractivity contribution in [2.45, 2.75) is 57.2 Å². The Balaban J connectivity index is 1.13. The molecule has 6 amide bonds. The number of fused-ring (bicyclic) bond motifs is 1. The molecule has 3 aromatic rings. The molecule has 2 aromatic carbocycles. The number of amides is 6. The fourth-order valence-corrected chi connectivity index (χ4v) is 7.02. The van der Waals surface area contributed by atoms with Crippen LogP contribution < -0.4 is 26.6 Å². The van der Waals surface area contributed by atoms with Crippen LogP contribution in [-0.2, 0) is 28.7 Å². The predicted molar refractivity (Wildman–Crippen MR) is 197 cm³/mol. The monoisotopic (exact) mass is 754 g/mol. The number of Topliss-reactive ketones (excluding diaryl/α,β-unsaturated/α-hetero) is 1. The number of nitrogens with two attached hydrogens (primary N) is 1. The maximum Gasteiger partial charge on any atom is 0.330 e. The van der Waals surface area contributed by atoms with E-state index in [0.29, 0.717) is 48.5 Å². The molecule has 0 saturated carbocycles. The molecule has 0 bridgehead atoms. The zero-order chi connectivity index (χ0) is 38.9. The van der Waals surface area contributed by atoms with Crippen molar-refractivity contribution in [3.05, 3.63) is 81.5 Å². The highest BCUT2D eigenvalue weighted by Crippen LogP contribution is 2.34. The van der Waals surface area contributed by atoms with Gasteiger partial charge in [0.2, 0.25) is 11.8 Å². The number of ketones is 1. The zero-order valence-corrected chi connectivity index (χ0v) is 30.1. The smallest absolute Gasteiger partial charge is 0.330 e. The third-order valence-electron chi connectivity index (χ3n) is 8.86. The number of unbranched alkanes of at least 4 members (excludes halogenated alkanes) is 2. The van der Waals surface area contributed by atoms with E-state index in [1.807, 2.05) is 5.92 Å². The average Bonchev–Trinajstić information content (AvgIpc) is 3.79. The molecule has 280 valence electrons. The van der Waals surface area contributed by atoms with Crippen molar-refractivity contribution in [3.63, 3.8) is 0 Å². The van der Waals surface area contributed by atoms with Crippen LogP contribution in [0.25, 0.3) is 0 Å². The van der Waals surface area contributed by atoms with E-state index in [9.17, 15) is 38.4 Å². The van der Waals surface area contributed by atoms with Crippen molar-refractivity contribution in [1.29, 1.82) is 0 Å². The van der Waals surface area contributed by atoms with Gasteiger partial charge in [-0.05, 0) is 86.4 Å². The fourth-order valence-electron chi connectivity index (χ4n) is 6.20. The summed E-state index contributed by atoms with van der Waals surface area (Å²) in [4.78, 5) is 104. The van der Waals surface area contributed by atoms with Crippen LogP contribution in [0.3, 0.4) is 0 Å². The number of piperidine rings is 1. The van der Waals surface area contributed by atoms with E-state index in [-0.39, 0.29) is 42.2 Å². The first kappa shape index (κ1) is 39.0. The fraction of sp³-hybridized carbons (Fsp3) is 0.316. The van der Waals surface area contributed by atoms with Gasteiger partial charge in [-0.1, -0.05) is 12.1 Å². The molecule has 0 aliphatic carbocycles. The second-order valence-corrected chi connectivity index (χ2v) is 13.3. The molecule has 2 aliphatic heterocycles. The topological polar surface area (TPSA) is 214 Å². The summed E-state index contributed by atoms with van der Waals surface area (Å²) in [5.41, 5.74) is 7.29. The number of ether oxygens (including phenoxy) is 1. The van der Waals surface area contributed by atoms with E-state index in [4.69, 9.17) is 16.9 Å². The first-order valence-electron chi connectivity index (χ1n) is 17.2. The Hall–Kier alpha value is -6.18.